The van der Waals surface area contributed by atoms with Gasteiger partial charge in [0.15, 0.2) is 11.6 Å². The second-order valence-electron chi connectivity index (χ2n) is 4.89. The van der Waals surface area contributed by atoms with Gasteiger partial charge in [-0.1, -0.05) is 37.3 Å². The van der Waals surface area contributed by atoms with Crippen LogP contribution >= 0.6 is 0 Å². The number of hydrogen-bond donors (Lipinski definition) is 1. The smallest absolute Gasteiger partial charge is 0.159 e. The summed E-state index contributed by atoms with van der Waals surface area (Å²) in [6.45, 7) is 2.12. The zero-order valence-corrected chi connectivity index (χ0v) is 11.8. The van der Waals surface area contributed by atoms with E-state index in [2.05, 4.69) is 36.5 Å². The van der Waals surface area contributed by atoms with Gasteiger partial charge in [0, 0.05) is 6.04 Å². The highest BCUT2D eigenvalue weighted by molar-refractivity contribution is 5.27. The van der Waals surface area contributed by atoms with E-state index in [9.17, 15) is 8.78 Å². The maximum atomic E-state index is 13.2. The number of halogens is 2. The van der Waals surface area contributed by atoms with Gasteiger partial charge >= 0.3 is 0 Å². The fraction of sp³-hybridized carbons (Fsp3) is 0.294. The molecule has 0 fully saturated rings. The molecule has 1 N–H and O–H groups in total. The van der Waals surface area contributed by atoms with E-state index in [0.29, 0.717) is 6.42 Å². The lowest BCUT2D eigenvalue weighted by atomic mass is 9.97. The summed E-state index contributed by atoms with van der Waals surface area (Å²) in [7, 11) is 1.87. The summed E-state index contributed by atoms with van der Waals surface area (Å²) in [4.78, 5) is 0. The van der Waals surface area contributed by atoms with Gasteiger partial charge in [0.1, 0.15) is 0 Å². The quantitative estimate of drug-likeness (QED) is 0.868. The third-order valence-corrected chi connectivity index (χ3v) is 3.56. The molecule has 0 aliphatic heterocycles. The fourth-order valence-corrected chi connectivity index (χ4v) is 2.27. The van der Waals surface area contributed by atoms with Crippen LogP contribution in [0.3, 0.4) is 0 Å². The Balaban J connectivity index is 2.16. The van der Waals surface area contributed by atoms with Crippen molar-refractivity contribution in [1.82, 2.24) is 5.32 Å². The van der Waals surface area contributed by atoms with Crippen molar-refractivity contribution in [2.75, 3.05) is 7.05 Å². The number of benzene rings is 2. The van der Waals surface area contributed by atoms with Crippen molar-refractivity contribution in [1.29, 1.82) is 0 Å². The molecule has 1 unspecified atom stereocenters. The van der Waals surface area contributed by atoms with Crippen molar-refractivity contribution in [3.63, 3.8) is 0 Å². The lowest BCUT2D eigenvalue weighted by Crippen LogP contribution is -2.19. The predicted octanol–water partition coefficient (Wildman–Crippen LogP) is 4.03. The standard InChI is InChI=1S/C17H19F2N/c1-3-12-4-7-14(8-5-12)17(20-2)11-13-6-9-15(18)16(19)10-13/h4-10,17,20H,3,11H2,1-2H3. The summed E-state index contributed by atoms with van der Waals surface area (Å²) in [6.07, 6.45) is 1.63. The highest BCUT2D eigenvalue weighted by atomic mass is 19.2. The largest absolute Gasteiger partial charge is 0.313 e. The molecule has 0 radical (unpaired) electrons. The van der Waals surface area contributed by atoms with Crippen LogP contribution in [0.1, 0.15) is 29.7 Å². The molecule has 0 aliphatic carbocycles. The van der Waals surface area contributed by atoms with Crippen LogP contribution in [0.15, 0.2) is 42.5 Å². The summed E-state index contributed by atoms with van der Waals surface area (Å²) < 4.78 is 26.2. The Morgan fingerprint density at radius 2 is 1.60 bits per heavy atom. The minimum absolute atomic E-state index is 0.0887. The Bertz CT molecular complexity index is 564. The minimum Gasteiger partial charge on any atom is -0.313 e. The zero-order valence-electron chi connectivity index (χ0n) is 11.8. The van der Waals surface area contributed by atoms with Gasteiger partial charge in [-0.25, -0.2) is 8.78 Å². The van der Waals surface area contributed by atoms with Gasteiger partial charge < -0.3 is 5.32 Å². The normalized spacial score (nSPS) is 12.4. The zero-order chi connectivity index (χ0) is 14.5. The second kappa shape index (κ2) is 6.62. The van der Waals surface area contributed by atoms with Crippen LogP contribution in [0, 0.1) is 11.6 Å². The third kappa shape index (κ3) is 3.42. The average molecular weight is 275 g/mol. The molecule has 0 aromatic heterocycles. The SMILES string of the molecule is CCc1ccc(C(Cc2ccc(F)c(F)c2)NC)cc1. The summed E-state index contributed by atoms with van der Waals surface area (Å²) in [6, 6.07) is 12.5. The first-order valence-electron chi connectivity index (χ1n) is 6.84. The molecule has 0 amide bonds. The van der Waals surface area contributed by atoms with Crippen LogP contribution in [-0.2, 0) is 12.8 Å². The van der Waals surface area contributed by atoms with Gasteiger partial charge in [-0.05, 0) is 48.7 Å². The Morgan fingerprint density at radius 3 is 2.15 bits per heavy atom. The van der Waals surface area contributed by atoms with Crippen molar-refractivity contribution >= 4 is 0 Å². The first-order valence-corrected chi connectivity index (χ1v) is 6.84. The Hall–Kier alpha value is -1.74. The highest BCUT2D eigenvalue weighted by Gasteiger charge is 2.11. The summed E-state index contributed by atoms with van der Waals surface area (Å²) >= 11 is 0. The molecular weight excluding hydrogens is 256 g/mol. The van der Waals surface area contributed by atoms with Crippen molar-refractivity contribution in [2.45, 2.75) is 25.8 Å². The number of likely N-dealkylation sites (N-methyl/N-ethyl adjacent to an activating group) is 1. The molecule has 1 atom stereocenters. The van der Waals surface area contributed by atoms with E-state index in [1.165, 1.54) is 17.7 Å². The van der Waals surface area contributed by atoms with Crippen LogP contribution < -0.4 is 5.32 Å². The molecule has 20 heavy (non-hydrogen) atoms. The molecule has 2 aromatic carbocycles. The summed E-state index contributed by atoms with van der Waals surface area (Å²) in [5.74, 6) is -1.60. The van der Waals surface area contributed by atoms with E-state index in [1.807, 2.05) is 7.05 Å². The Morgan fingerprint density at radius 1 is 0.950 bits per heavy atom. The molecule has 3 heteroatoms. The lowest BCUT2D eigenvalue weighted by Gasteiger charge is -2.17. The molecule has 0 saturated heterocycles. The first kappa shape index (κ1) is 14.7. The highest BCUT2D eigenvalue weighted by Crippen LogP contribution is 2.20. The first-order chi connectivity index (χ1) is 9.63. The molecule has 0 spiro atoms. The van der Waals surface area contributed by atoms with Crippen LogP contribution in [0.5, 0.6) is 0 Å². The summed E-state index contributed by atoms with van der Waals surface area (Å²) in [5.41, 5.74) is 3.22. The topological polar surface area (TPSA) is 12.0 Å². The van der Waals surface area contributed by atoms with Crippen LogP contribution in [0.25, 0.3) is 0 Å². The molecule has 0 aliphatic rings. The fourth-order valence-electron chi connectivity index (χ4n) is 2.27. The molecular formula is C17H19F2N. The molecule has 2 rings (SSSR count). The van der Waals surface area contributed by atoms with E-state index in [0.717, 1.165) is 17.5 Å². The predicted molar refractivity (Wildman–Crippen MR) is 77.7 cm³/mol. The van der Waals surface area contributed by atoms with Crippen molar-refractivity contribution in [3.05, 3.63) is 70.8 Å². The molecule has 0 saturated carbocycles. The Kier molecular flexibility index (Phi) is 4.85. The molecule has 0 heterocycles. The number of nitrogens with one attached hydrogen (secondary N) is 1. The van der Waals surface area contributed by atoms with Gasteiger partial charge in [-0.3, -0.25) is 0 Å². The lowest BCUT2D eigenvalue weighted by molar-refractivity contribution is 0.504. The molecule has 2 aromatic rings. The van der Waals surface area contributed by atoms with E-state index >= 15 is 0 Å². The number of aryl methyl sites for hydroxylation is 1. The number of rotatable bonds is 5. The maximum absolute atomic E-state index is 13.2. The van der Waals surface area contributed by atoms with Crippen LogP contribution in [0.4, 0.5) is 8.78 Å². The van der Waals surface area contributed by atoms with E-state index < -0.39 is 11.6 Å². The second-order valence-corrected chi connectivity index (χ2v) is 4.89. The van der Waals surface area contributed by atoms with E-state index in [1.54, 1.807) is 6.07 Å². The molecule has 106 valence electrons. The van der Waals surface area contributed by atoms with Crippen LogP contribution in [-0.4, -0.2) is 7.05 Å². The van der Waals surface area contributed by atoms with Gasteiger partial charge in [-0.2, -0.15) is 0 Å². The third-order valence-electron chi connectivity index (χ3n) is 3.56. The molecule has 0 bridgehead atoms. The average Bonchev–Trinajstić information content (AvgIpc) is 2.48. The van der Waals surface area contributed by atoms with Gasteiger partial charge in [0.25, 0.3) is 0 Å². The maximum Gasteiger partial charge on any atom is 0.159 e. The number of hydrogen-bond acceptors (Lipinski definition) is 1. The summed E-state index contributed by atoms with van der Waals surface area (Å²) in [5, 5.41) is 3.22. The van der Waals surface area contributed by atoms with E-state index in [4.69, 9.17) is 0 Å². The minimum atomic E-state index is -0.804. The molecule has 1 nitrogen and oxygen atoms in total. The monoisotopic (exact) mass is 275 g/mol. The van der Waals surface area contributed by atoms with E-state index in [-0.39, 0.29) is 6.04 Å². The Labute approximate surface area is 118 Å². The van der Waals surface area contributed by atoms with Crippen molar-refractivity contribution in [2.24, 2.45) is 0 Å². The van der Waals surface area contributed by atoms with Gasteiger partial charge in [0.2, 0.25) is 0 Å². The van der Waals surface area contributed by atoms with Crippen molar-refractivity contribution < 1.29 is 8.78 Å². The van der Waals surface area contributed by atoms with Crippen LogP contribution in [0.2, 0.25) is 0 Å². The van der Waals surface area contributed by atoms with Gasteiger partial charge in [0.05, 0.1) is 0 Å². The van der Waals surface area contributed by atoms with Gasteiger partial charge in [-0.15, -0.1) is 0 Å². The van der Waals surface area contributed by atoms with Crippen molar-refractivity contribution in [3.8, 4) is 0 Å².